The number of fused-ring (bicyclic) bond motifs is 3. The summed E-state index contributed by atoms with van der Waals surface area (Å²) in [5.74, 6) is 2.82. The first kappa shape index (κ1) is 22.1. The molecule has 2 aromatic heterocycles. The van der Waals surface area contributed by atoms with Crippen LogP contribution in [0, 0.1) is 0 Å². The molecule has 33 heavy (non-hydrogen) atoms. The normalized spacial score (nSPS) is 16.5. The number of aryl methyl sites for hydroxylation is 3. The van der Waals surface area contributed by atoms with Gasteiger partial charge in [0.15, 0.2) is 0 Å². The Morgan fingerprint density at radius 3 is 2.70 bits per heavy atom. The van der Waals surface area contributed by atoms with Crippen molar-refractivity contribution in [2.24, 2.45) is 0 Å². The first-order chi connectivity index (χ1) is 16.2. The minimum atomic E-state index is 0.0671. The van der Waals surface area contributed by atoms with Crippen molar-refractivity contribution in [2.45, 2.75) is 51.9 Å². The number of aromatic nitrogens is 2. The van der Waals surface area contributed by atoms with Gasteiger partial charge in [0, 0.05) is 43.0 Å². The Balaban J connectivity index is 1.41. The number of benzene rings is 1. The highest BCUT2D eigenvalue weighted by Gasteiger charge is 2.27. The van der Waals surface area contributed by atoms with E-state index in [2.05, 4.69) is 11.8 Å². The molecule has 1 aliphatic heterocycles. The summed E-state index contributed by atoms with van der Waals surface area (Å²) in [5.41, 5.74) is 2.17. The van der Waals surface area contributed by atoms with Crippen LogP contribution in [0.1, 0.15) is 59.2 Å². The highest BCUT2D eigenvalue weighted by molar-refractivity contribution is 7.19. The van der Waals surface area contributed by atoms with Crippen molar-refractivity contribution in [1.82, 2.24) is 14.9 Å². The average Bonchev–Trinajstić information content (AvgIpc) is 3.04. The minimum Gasteiger partial charge on any atom is -0.497 e. The number of thiophene rings is 1. The summed E-state index contributed by atoms with van der Waals surface area (Å²) in [5, 5.41) is 1.28. The third-order valence-corrected chi connectivity index (χ3v) is 7.93. The summed E-state index contributed by atoms with van der Waals surface area (Å²) < 4.78 is 5.29. The quantitative estimate of drug-likeness (QED) is 0.504. The largest absolute Gasteiger partial charge is 0.497 e. The molecule has 7 heteroatoms. The lowest BCUT2D eigenvalue weighted by molar-refractivity contribution is 0.0746. The van der Waals surface area contributed by atoms with Crippen LogP contribution in [0.3, 0.4) is 0 Å². The van der Waals surface area contributed by atoms with Crippen molar-refractivity contribution in [2.75, 3.05) is 38.2 Å². The van der Waals surface area contributed by atoms with Crippen LogP contribution in [-0.4, -0.2) is 54.1 Å². The van der Waals surface area contributed by atoms with Gasteiger partial charge in [0.05, 0.1) is 12.5 Å². The third-order valence-electron chi connectivity index (χ3n) is 6.75. The second-order valence-corrected chi connectivity index (χ2v) is 10.1. The molecule has 0 bridgehead atoms. The number of carbonyl (C=O) groups excluding carboxylic acids is 1. The van der Waals surface area contributed by atoms with E-state index >= 15 is 0 Å². The van der Waals surface area contributed by atoms with E-state index in [0.29, 0.717) is 24.4 Å². The lowest BCUT2D eigenvalue weighted by atomic mass is 10.1. The second kappa shape index (κ2) is 9.67. The summed E-state index contributed by atoms with van der Waals surface area (Å²) in [4.78, 5) is 30.1. The molecule has 2 aliphatic rings. The van der Waals surface area contributed by atoms with E-state index in [0.717, 1.165) is 48.8 Å². The van der Waals surface area contributed by atoms with Gasteiger partial charge in [-0.15, -0.1) is 11.3 Å². The lowest BCUT2D eigenvalue weighted by Gasteiger charge is -2.36. The number of rotatable bonds is 5. The molecule has 0 saturated carbocycles. The Morgan fingerprint density at radius 1 is 1.09 bits per heavy atom. The Kier molecular flexibility index (Phi) is 6.49. The topological polar surface area (TPSA) is 58.6 Å². The predicted molar refractivity (Wildman–Crippen MR) is 134 cm³/mol. The number of anilines is 1. The zero-order valence-corrected chi connectivity index (χ0v) is 20.4. The van der Waals surface area contributed by atoms with E-state index in [1.807, 2.05) is 40.5 Å². The monoisotopic (exact) mass is 464 g/mol. The fraction of sp³-hybridized carbons (Fsp3) is 0.500. The van der Waals surface area contributed by atoms with Gasteiger partial charge < -0.3 is 14.5 Å². The van der Waals surface area contributed by atoms with Crippen LogP contribution in [0.15, 0.2) is 24.3 Å². The van der Waals surface area contributed by atoms with Crippen molar-refractivity contribution in [3.63, 3.8) is 0 Å². The predicted octanol–water partition coefficient (Wildman–Crippen LogP) is 4.88. The molecule has 6 nitrogen and oxygen atoms in total. The Labute approximate surface area is 199 Å². The van der Waals surface area contributed by atoms with Gasteiger partial charge in [0.25, 0.3) is 5.91 Å². The summed E-state index contributed by atoms with van der Waals surface area (Å²) in [6, 6.07) is 7.42. The molecule has 1 saturated heterocycles. The van der Waals surface area contributed by atoms with Crippen LogP contribution in [0.2, 0.25) is 0 Å². The van der Waals surface area contributed by atoms with Crippen LogP contribution >= 0.6 is 11.3 Å². The van der Waals surface area contributed by atoms with Crippen molar-refractivity contribution in [3.05, 3.63) is 46.1 Å². The van der Waals surface area contributed by atoms with Gasteiger partial charge in [-0.2, -0.15) is 0 Å². The van der Waals surface area contributed by atoms with Crippen molar-refractivity contribution >= 4 is 33.3 Å². The highest BCUT2D eigenvalue weighted by atomic mass is 32.1. The number of nitrogens with zero attached hydrogens (tertiary/aromatic N) is 4. The smallest absolute Gasteiger partial charge is 0.254 e. The molecule has 3 aromatic rings. The zero-order chi connectivity index (χ0) is 22.8. The summed E-state index contributed by atoms with van der Waals surface area (Å²) in [7, 11) is 1.63. The molecule has 1 aromatic carbocycles. The fourth-order valence-electron chi connectivity index (χ4n) is 4.98. The van der Waals surface area contributed by atoms with Gasteiger partial charge in [-0.05, 0) is 55.9 Å². The molecular weight excluding hydrogens is 432 g/mol. The number of methoxy groups -OCH3 is 1. The second-order valence-electron chi connectivity index (χ2n) is 8.97. The van der Waals surface area contributed by atoms with Crippen molar-refractivity contribution in [1.29, 1.82) is 0 Å². The van der Waals surface area contributed by atoms with Gasteiger partial charge in [0.1, 0.15) is 22.2 Å². The first-order valence-electron chi connectivity index (χ1n) is 12.2. The molecule has 0 atom stereocenters. The van der Waals surface area contributed by atoms with Gasteiger partial charge in [-0.1, -0.05) is 19.4 Å². The van der Waals surface area contributed by atoms with Crippen LogP contribution in [0.4, 0.5) is 5.82 Å². The van der Waals surface area contributed by atoms with Gasteiger partial charge >= 0.3 is 0 Å². The number of ether oxygens (including phenoxy) is 1. The number of amides is 1. The van der Waals surface area contributed by atoms with E-state index in [-0.39, 0.29) is 5.91 Å². The number of piperazine rings is 1. The molecule has 3 heterocycles. The maximum atomic E-state index is 13.1. The molecule has 174 valence electrons. The van der Waals surface area contributed by atoms with Crippen molar-refractivity contribution in [3.8, 4) is 5.75 Å². The first-order valence-corrected chi connectivity index (χ1v) is 13.0. The van der Waals surface area contributed by atoms with E-state index in [1.54, 1.807) is 7.11 Å². The number of carbonyl (C=O) groups is 1. The Hall–Kier alpha value is -2.67. The third kappa shape index (κ3) is 4.43. The van der Waals surface area contributed by atoms with Gasteiger partial charge in [-0.3, -0.25) is 4.79 Å². The summed E-state index contributed by atoms with van der Waals surface area (Å²) in [6.07, 6.45) is 8.07. The van der Waals surface area contributed by atoms with E-state index in [9.17, 15) is 4.79 Å². The molecule has 1 aliphatic carbocycles. The molecule has 0 spiro atoms. The Bertz CT molecular complexity index is 1150. The minimum absolute atomic E-state index is 0.0671. The van der Waals surface area contributed by atoms with Crippen LogP contribution in [0.5, 0.6) is 5.75 Å². The fourth-order valence-corrected chi connectivity index (χ4v) is 6.26. The molecular formula is C26H32N4O2S. The maximum Gasteiger partial charge on any atom is 0.254 e. The molecule has 0 unspecified atom stereocenters. The highest BCUT2D eigenvalue weighted by Crippen LogP contribution is 2.39. The van der Waals surface area contributed by atoms with E-state index in [1.165, 1.54) is 41.5 Å². The molecule has 5 rings (SSSR count). The number of hydrogen-bond acceptors (Lipinski definition) is 6. The molecule has 1 amide bonds. The zero-order valence-electron chi connectivity index (χ0n) is 19.6. The summed E-state index contributed by atoms with van der Waals surface area (Å²) in [6.45, 7) is 5.14. The van der Waals surface area contributed by atoms with Gasteiger partial charge in [0.2, 0.25) is 0 Å². The van der Waals surface area contributed by atoms with Crippen LogP contribution in [0.25, 0.3) is 10.2 Å². The SMILES string of the molecule is CCCc1nc(N2CCN(C(=O)c3cccc(OC)c3)CC2)c2c3c(sc2n1)CCCCC3. The van der Waals surface area contributed by atoms with E-state index in [4.69, 9.17) is 14.7 Å². The van der Waals surface area contributed by atoms with Crippen LogP contribution < -0.4 is 9.64 Å². The van der Waals surface area contributed by atoms with Crippen LogP contribution in [-0.2, 0) is 19.3 Å². The Morgan fingerprint density at radius 2 is 1.91 bits per heavy atom. The summed E-state index contributed by atoms with van der Waals surface area (Å²) >= 11 is 1.88. The standard InChI is InChI=1S/C26H32N4O2S/c1-3-8-22-27-24(23-20-11-5-4-6-12-21(20)33-25(23)28-22)29-13-15-30(16-14-29)26(31)18-9-7-10-19(17-18)32-2/h7,9-10,17H,3-6,8,11-16H2,1-2H3. The molecule has 1 fully saturated rings. The van der Waals surface area contributed by atoms with Crippen molar-refractivity contribution < 1.29 is 9.53 Å². The maximum absolute atomic E-state index is 13.1. The molecule has 0 N–H and O–H groups in total. The lowest BCUT2D eigenvalue weighted by Crippen LogP contribution is -2.49. The number of hydrogen-bond donors (Lipinski definition) is 0. The van der Waals surface area contributed by atoms with Gasteiger partial charge in [-0.25, -0.2) is 9.97 Å². The molecule has 0 radical (unpaired) electrons. The average molecular weight is 465 g/mol. The van der Waals surface area contributed by atoms with E-state index < -0.39 is 0 Å².